The fourth-order valence-corrected chi connectivity index (χ4v) is 2.02. The van der Waals surface area contributed by atoms with Crippen molar-refractivity contribution in [1.29, 1.82) is 0 Å². The van der Waals surface area contributed by atoms with Crippen molar-refractivity contribution in [2.24, 2.45) is 0 Å². The molecule has 24 heavy (non-hydrogen) atoms. The summed E-state index contributed by atoms with van der Waals surface area (Å²) in [6.45, 7) is 6.71. The number of ketones is 1. The predicted octanol–water partition coefficient (Wildman–Crippen LogP) is 3.14. The SMILES string of the molecule is CCC(=O)COCCCOCCCOc1ccc([C@@H](C)NC)cc1. The molecule has 1 atom stereocenters. The van der Waals surface area contributed by atoms with Gasteiger partial charge in [-0.2, -0.15) is 0 Å². The highest BCUT2D eigenvalue weighted by molar-refractivity contribution is 5.79. The molecule has 1 aromatic rings. The van der Waals surface area contributed by atoms with Crippen LogP contribution in [0.3, 0.4) is 0 Å². The molecule has 0 saturated carbocycles. The zero-order valence-electron chi connectivity index (χ0n) is 15.2. The van der Waals surface area contributed by atoms with Crippen molar-refractivity contribution in [2.45, 2.75) is 39.2 Å². The van der Waals surface area contributed by atoms with Gasteiger partial charge in [-0.05, 0) is 38.1 Å². The van der Waals surface area contributed by atoms with Crippen LogP contribution in [0.25, 0.3) is 0 Å². The molecule has 136 valence electrons. The first-order chi connectivity index (χ1) is 11.7. The minimum Gasteiger partial charge on any atom is -0.494 e. The second-order valence-corrected chi connectivity index (χ2v) is 5.69. The van der Waals surface area contributed by atoms with Crippen LogP contribution in [-0.4, -0.2) is 45.9 Å². The van der Waals surface area contributed by atoms with Crippen LogP contribution in [0.5, 0.6) is 5.75 Å². The molecule has 5 heteroatoms. The summed E-state index contributed by atoms with van der Waals surface area (Å²) in [4.78, 5) is 11.0. The summed E-state index contributed by atoms with van der Waals surface area (Å²) in [5.41, 5.74) is 1.25. The molecule has 0 spiro atoms. The maximum absolute atomic E-state index is 11.0. The minimum atomic E-state index is 0.140. The van der Waals surface area contributed by atoms with Gasteiger partial charge in [-0.3, -0.25) is 4.79 Å². The summed E-state index contributed by atoms with van der Waals surface area (Å²) in [7, 11) is 1.95. The van der Waals surface area contributed by atoms with Crippen LogP contribution < -0.4 is 10.1 Å². The molecule has 0 bridgehead atoms. The van der Waals surface area contributed by atoms with Crippen molar-refractivity contribution < 1.29 is 19.0 Å². The molecule has 0 radical (unpaired) electrons. The van der Waals surface area contributed by atoms with Gasteiger partial charge < -0.3 is 19.5 Å². The maximum atomic E-state index is 11.0. The van der Waals surface area contributed by atoms with E-state index in [0.717, 1.165) is 18.6 Å². The van der Waals surface area contributed by atoms with Crippen LogP contribution in [0, 0.1) is 0 Å². The van der Waals surface area contributed by atoms with E-state index < -0.39 is 0 Å². The van der Waals surface area contributed by atoms with Gasteiger partial charge in [-0.1, -0.05) is 19.1 Å². The van der Waals surface area contributed by atoms with E-state index in [2.05, 4.69) is 24.4 Å². The topological polar surface area (TPSA) is 56.8 Å². The number of carbonyl (C=O) groups is 1. The number of ether oxygens (including phenoxy) is 3. The highest BCUT2D eigenvalue weighted by Crippen LogP contribution is 2.17. The number of benzene rings is 1. The Bertz CT molecular complexity index is 447. The lowest BCUT2D eigenvalue weighted by molar-refractivity contribution is -0.123. The third kappa shape index (κ3) is 9.01. The lowest BCUT2D eigenvalue weighted by atomic mass is 10.1. The van der Waals surface area contributed by atoms with Gasteiger partial charge in [-0.25, -0.2) is 0 Å². The van der Waals surface area contributed by atoms with E-state index >= 15 is 0 Å². The smallest absolute Gasteiger partial charge is 0.158 e. The Balaban J connectivity index is 1.97. The normalized spacial score (nSPS) is 12.1. The highest BCUT2D eigenvalue weighted by Gasteiger charge is 2.02. The molecule has 0 fully saturated rings. The number of Topliss-reactive ketones (excluding diaryl/α,β-unsaturated/α-hetero) is 1. The van der Waals surface area contributed by atoms with Crippen LogP contribution in [0.1, 0.15) is 44.7 Å². The van der Waals surface area contributed by atoms with Gasteiger partial charge in [0.2, 0.25) is 0 Å². The molecule has 0 unspecified atom stereocenters. The van der Waals surface area contributed by atoms with Crippen molar-refractivity contribution in [3.8, 4) is 5.75 Å². The van der Waals surface area contributed by atoms with Gasteiger partial charge in [0.05, 0.1) is 6.61 Å². The number of nitrogens with one attached hydrogen (secondary N) is 1. The quantitative estimate of drug-likeness (QED) is 0.529. The monoisotopic (exact) mass is 337 g/mol. The molecule has 1 rings (SSSR count). The summed E-state index contributed by atoms with van der Waals surface area (Å²) in [6.07, 6.45) is 2.19. The molecule has 0 amide bonds. The average molecular weight is 337 g/mol. The van der Waals surface area contributed by atoms with Crippen molar-refractivity contribution >= 4 is 5.78 Å². The Hall–Kier alpha value is -1.43. The van der Waals surface area contributed by atoms with Crippen LogP contribution in [0.2, 0.25) is 0 Å². The number of hydrogen-bond donors (Lipinski definition) is 1. The second kappa shape index (κ2) is 12.9. The zero-order valence-corrected chi connectivity index (χ0v) is 15.2. The first kappa shape index (κ1) is 20.6. The van der Waals surface area contributed by atoms with Crippen LogP contribution >= 0.6 is 0 Å². The third-order valence-electron chi connectivity index (χ3n) is 3.75. The molecule has 0 aliphatic carbocycles. The Morgan fingerprint density at radius 2 is 1.67 bits per heavy atom. The summed E-state index contributed by atoms with van der Waals surface area (Å²) in [5.74, 6) is 1.03. The third-order valence-corrected chi connectivity index (χ3v) is 3.75. The molecular formula is C19H31NO4. The van der Waals surface area contributed by atoms with Crippen molar-refractivity contribution in [3.63, 3.8) is 0 Å². The van der Waals surface area contributed by atoms with Gasteiger partial charge in [0.1, 0.15) is 12.4 Å². The van der Waals surface area contributed by atoms with E-state index in [9.17, 15) is 4.79 Å². The maximum Gasteiger partial charge on any atom is 0.158 e. The summed E-state index contributed by atoms with van der Waals surface area (Å²) in [6, 6.07) is 8.50. The molecule has 1 aromatic carbocycles. The van der Waals surface area contributed by atoms with E-state index in [-0.39, 0.29) is 12.4 Å². The number of hydrogen-bond acceptors (Lipinski definition) is 5. The molecular weight excluding hydrogens is 306 g/mol. The van der Waals surface area contributed by atoms with Crippen molar-refractivity contribution in [3.05, 3.63) is 29.8 Å². The standard InChI is InChI=1S/C19H31NO4/c1-4-18(21)15-23-13-5-11-22-12-6-14-24-19-9-7-17(8-10-19)16(2)20-3/h7-10,16,20H,4-6,11-15H2,1-3H3/t16-/m1/s1. The molecule has 1 N–H and O–H groups in total. The Kier molecular flexibility index (Phi) is 11.1. The summed E-state index contributed by atoms with van der Waals surface area (Å²) >= 11 is 0. The largest absolute Gasteiger partial charge is 0.494 e. The Labute approximate surface area is 145 Å². The fourth-order valence-electron chi connectivity index (χ4n) is 2.02. The predicted molar refractivity (Wildman–Crippen MR) is 95.6 cm³/mol. The van der Waals surface area contributed by atoms with Crippen LogP contribution in [0.15, 0.2) is 24.3 Å². The lowest BCUT2D eigenvalue weighted by Gasteiger charge is -2.12. The van der Waals surface area contributed by atoms with Crippen molar-refractivity contribution in [1.82, 2.24) is 5.32 Å². The molecule has 0 aliphatic heterocycles. The van der Waals surface area contributed by atoms with Crippen LogP contribution in [0.4, 0.5) is 0 Å². The van der Waals surface area contributed by atoms with E-state index in [1.807, 2.05) is 26.1 Å². The minimum absolute atomic E-state index is 0.140. The second-order valence-electron chi connectivity index (χ2n) is 5.69. The Morgan fingerprint density at radius 1 is 1.04 bits per heavy atom. The summed E-state index contributed by atoms with van der Waals surface area (Å²) in [5, 5.41) is 3.21. The molecule has 0 saturated heterocycles. The van der Waals surface area contributed by atoms with Gasteiger partial charge in [0.25, 0.3) is 0 Å². The van der Waals surface area contributed by atoms with Gasteiger partial charge in [0.15, 0.2) is 5.78 Å². The number of rotatable bonds is 14. The van der Waals surface area contributed by atoms with E-state index in [1.165, 1.54) is 5.56 Å². The fraction of sp³-hybridized carbons (Fsp3) is 0.632. The van der Waals surface area contributed by atoms with E-state index in [0.29, 0.717) is 38.9 Å². The average Bonchev–Trinajstić information content (AvgIpc) is 2.62. The molecule has 0 heterocycles. The zero-order chi connectivity index (χ0) is 17.6. The van der Waals surface area contributed by atoms with E-state index in [4.69, 9.17) is 14.2 Å². The first-order valence-electron chi connectivity index (χ1n) is 8.74. The highest BCUT2D eigenvalue weighted by atomic mass is 16.5. The molecule has 0 aromatic heterocycles. The van der Waals surface area contributed by atoms with Gasteiger partial charge in [0, 0.05) is 38.7 Å². The lowest BCUT2D eigenvalue weighted by Crippen LogP contribution is -2.12. The summed E-state index contributed by atoms with van der Waals surface area (Å²) < 4.78 is 16.5. The van der Waals surface area contributed by atoms with Crippen LogP contribution in [-0.2, 0) is 14.3 Å². The van der Waals surface area contributed by atoms with Crippen molar-refractivity contribution in [2.75, 3.05) is 40.1 Å². The van der Waals surface area contributed by atoms with E-state index in [1.54, 1.807) is 0 Å². The first-order valence-corrected chi connectivity index (χ1v) is 8.74. The van der Waals surface area contributed by atoms with Gasteiger partial charge in [-0.15, -0.1) is 0 Å². The molecule has 0 aliphatic rings. The molecule has 5 nitrogen and oxygen atoms in total. The number of carbonyl (C=O) groups excluding carboxylic acids is 1. The Morgan fingerprint density at radius 3 is 2.29 bits per heavy atom. The van der Waals surface area contributed by atoms with Gasteiger partial charge >= 0.3 is 0 Å².